The second-order valence-corrected chi connectivity index (χ2v) is 3.62. The van der Waals surface area contributed by atoms with Crippen LogP contribution < -0.4 is 0 Å². The first kappa shape index (κ1) is 14.4. The summed E-state index contributed by atoms with van der Waals surface area (Å²) in [6, 6.07) is 0. The van der Waals surface area contributed by atoms with Crippen LogP contribution in [0.1, 0.15) is 26.7 Å². The van der Waals surface area contributed by atoms with Gasteiger partial charge in [0.15, 0.2) is 0 Å². The van der Waals surface area contributed by atoms with E-state index in [0.29, 0.717) is 12.8 Å². The van der Waals surface area contributed by atoms with Crippen LogP contribution in [0.2, 0.25) is 0 Å². The highest BCUT2D eigenvalue weighted by molar-refractivity contribution is 4.51. The van der Waals surface area contributed by atoms with Gasteiger partial charge in [-0.3, -0.25) is 0 Å². The van der Waals surface area contributed by atoms with Crippen molar-refractivity contribution in [3.05, 3.63) is 0 Å². The summed E-state index contributed by atoms with van der Waals surface area (Å²) in [6.45, 7) is 3.45. The molecule has 2 atom stereocenters. The monoisotopic (exact) mass is 177 g/mol. The van der Waals surface area contributed by atoms with Crippen LogP contribution in [0.3, 0.4) is 0 Å². The Hall–Kier alpha value is -0.120. The molecule has 3 heteroatoms. The molecule has 0 heterocycles. The summed E-state index contributed by atoms with van der Waals surface area (Å²) in [6.07, 6.45) is 0.837. The van der Waals surface area contributed by atoms with E-state index in [9.17, 15) is 0 Å². The molecule has 3 nitrogen and oxygen atoms in total. The fraction of sp³-hybridized carbons (Fsp3) is 1.00. The van der Waals surface area contributed by atoms with Crippen LogP contribution >= 0.6 is 0 Å². The van der Waals surface area contributed by atoms with Crippen molar-refractivity contribution in [2.45, 2.75) is 38.9 Å². The molecular weight excluding hydrogens is 154 g/mol. The van der Waals surface area contributed by atoms with Crippen LogP contribution in [0.5, 0.6) is 0 Å². The van der Waals surface area contributed by atoms with Gasteiger partial charge < -0.3 is 15.1 Å². The minimum atomic E-state index is -0.274. The van der Waals surface area contributed by atoms with Gasteiger partial charge in [-0.1, -0.05) is 0 Å². The van der Waals surface area contributed by atoms with Crippen molar-refractivity contribution in [3.63, 3.8) is 0 Å². The molecule has 0 aliphatic carbocycles. The average Bonchev–Trinajstić information content (AvgIpc) is 1.82. The zero-order chi connectivity index (χ0) is 10.1. The lowest BCUT2D eigenvalue weighted by Crippen LogP contribution is -2.06. The third kappa shape index (κ3) is 32.7. The molecule has 2 unspecified atom stereocenters. The quantitative estimate of drug-likeness (QED) is 0.667. The van der Waals surface area contributed by atoms with Gasteiger partial charge in [0.1, 0.15) is 0 Å². The van der Waals surface area contributed by atoms with Gasteiger partial charge in [0.05, 0.1) is 12.2 Å². The summed E-state index contributed by atoms with van der Waals surface area (Å²) in [4.78, 5) is 2.00. The highest BCUT2D eigenvalue weighted by Gasteiger charge is 1.98. The van der Waals surface area contributed by atoms with E-state index in [1.54, 1.807) is 13.8 Å². The molecule has 0 bridgehead atoms. The predicted molar refractivity (Wildman–Crippen MR) is 52.2 cm³/mol. The van der Waals surface area contributed by atoms with Crippen molar-refractivity contribution in [2.75, 3.05) is 21.1 Å². The second-order valence-electron chi connectivity index (χ2n) is 3.62. The summed E-state index contributed by atoms with van der Waals surface area (Å²) >= 11 is 0. The Kier molecular flexibility index (Phi) is 10.8. The Labute approximate surface area is 76.0 Å². The van der Waals surface area contributed by atoms with Crippen molar-refractivity contribution in [2.24, 2.45) is 0 Å². The maximum atomic E-state index is 8.69. The van der Waals surface area contributed by atoms with Crippen LogP contribution in [-0.2, 0) is 0 Å². The van der Waals surface area contributed by atoms with Gasteiger partial charge in [-0.05, 0) is 47.8 Å². The van der Waals surface area contributed by atoms with Gasteiger partial charge >= 0.3 is 0 Å². The smallest absolute Gasteiger partial charge is 0.0513 e. The highest BCUT2D eigenvalue weighted by atomic mass is 16.3. The normalized spacial score (nSPS) is 15.0. The van der Waals surface area contributed by atoms with Crippen LogP contribution in [0.15, 0.2) is 0 Å². The lowest BCUT2D eigenvalue weighted by Gasteiger charge is -2.04. The second kappa shape index (κ2) is 8.97. The molecule has 0 aliphatic rings. The molecule has 0 aromatic carbocycles. The molecule has 0 spiro atoms. The first-order valence-electron chi connectivity index (χ1n) is 4.33. The minimum Gasteiger partial charge on any atom is -0.393 e. The zero-order valence-electron chi connectivity index (χ0n) is 8.91. The van der Waals surface area contributed by atoms with Crippen molar-refractivity contribution in [1.29, 1.82) is 0 Å². The molecule has 0 saturated heterocycles. The van der Waals surface area contributed by atoms with Crippen molar-refractivity contribution < 1.29 is 10.2 Å². The lowest BCUT2D eigenvalue weighted by atomic mass is 10.1. The molecule has 0 fully saturated rings. The van der Waals surface area contributed by atoms with Crippen molar-refractivity contribution in [3.8, 4) is 0 Å². The number of aliphatic hydroxyl groups is 2. The Balaban J connectivity index is 0. The van der Waals surface area contributed by atoms with E-state index in [-0.39, 0.29) is 12.2 Å². The van der Waals surface area contributed by atoms with Gasteiger partial charge in [0, 0.05) is 0 Å². The average molecular weight is 177 g/mol. The van der Waals surface area contributed by atoms with Crippen LogP contribution in [-0.4, -0.2) is 48.5 Å². The standard InChI is InChI=1S/C6H14O2.C3H9N/c1-5(7)3-4-6(2)8;1-4(2)3/h5-8H,3-4H2,1-2H3;1-3H3. The summed E-state index contributed by atoms with van der Waals surface area (Å²) < 4.78 is 0. The third-order valence-corrected chi connectivity index (χ3v) is 1.00. The number of aliphatic hydroxyl groups excluding tert-OH is 2. The molecule has 0 radical (unpaired) electrons. The third-order valence-electron chi connectivity index (χ3n) is 1.00. The van der Waals surface area contributed by atoms with E-state index in [4.69, 9.17) is 10.2 Å². The molecular formula is C9H23NO2. The molecule has 0 aromatic heterocycles. The minimum absolute atomic E-state index is 0.274. The van der Waals surface area contributed by atoms with Crippen LogP contribution in [0, 0.1) is 0 Å². The number of rotatable bonds is 3. The number of nitrogens with zero attached hydrogens (tertiary/aromatic N) is 1. The van der Waals surface area contributed by atoms with E-state index < -0.39 is 0 Å². The number of hydrogen-bond acceptors (Lipinski definition) is 3. The Bertz CT molecular complexity index is 71.8. The van der Waals surface area contributed by atoms with E-state index in [1.165, 1.54) is 0 Å². The van der Waals surface area contributed by atoms with Crippen LogP contribution in [0.4, 0.5) is 0 Å². The lowest BCUT2D eigenvalue weighted by molar-refractivity contribution is 0.133. The Morgan fingerprint density at radius 2 is 1.08 bits per heavy atom. The van der Waals surface area contributed by atoms with E-state index in [2.05, 4.69) is 0 Å². The molecule has 0 rings (SSSR count). The zero-order valence-corrected chi connectivity index (χ0v) is 8.91. The summed E-state index contributed by atoms with van der Waals surface area (Å²) in [5, 5.41) is 17.4. The molecule has 76 valence electrons. The number of hydrogen-bond donors (Lipinski definition) is 2. The van der Waals surface area contributed by atoms with Gasteiger partial charge in [-0.2, -0.15) is 0 Å². The molecule has 12 heavy (non-hydrogen) atoms. The summed E-state index contributed by atoms with van der Waals surface area (Å²) in [5.41, 5.74) is 0. The Morgan fingerprint density at radius 3 is 1.17 bits per heavy atom. The molecule has 0 aromatic rings. The first-order valence-corrected chi connectivity index (χ1v) is 4.33. The maximum absolute atomic E-state index is 8.69. The molecule has 0 amide bonds. The van der Waals surface area contributed by atoms with Crippen molar-refractivity contribution in [1.82, 2.24) is 4.90 Å². The summed E-state index contributed by atoms with van der Waals surface area (Å²) in [5.74, 6) is 0. The van der Waals surface area contributed by atoms with Gasteiger partial charge in [0.25, 0.3) is 0 Å². The van der Waals surface area contributed by atoms with Gasteiger partial charge in [-0.25, -0.2) is 0 Å². The molecule has 0 saturated carbocycles. The van der Waals surface area contributed by atoms with Crippen molar-refractivity contribution >= 4 is 0 Å². The van der Waals surface area contributed by atoms with E-state index >= 15 is 0 Å². The van der Waals surface area contributed by atoms with Crippen LogP contribution in [0.25, 0.3) is 0 Å². The maximum Gasteiger partial charge on any atom is 0.0513 e. The molecule has 2 N–H and O–H groups in total. The van der Waals surface area contributed by atoms with Gasteiger partial charge in [0.2, 0.25) is 0 Å². The largest absolute Gasteiger partial charge is 0.393 e. The van der Waals surface area contributed by atoms with E-state index in [1.807, 2.05) is 26.0 Å². The van der Waals surface area contributed by atoms with E-state index in [0.717, 1.165) is 0 Å². The Morgan fingerprint density at radius 1 is 0.917 bits per heavy atom. The van der Waals surface area contributed by atoms with Gasteiger partial charge in [-0.15, -0.1) is 0 Å². The summed E-state index contributed by atoms with van der Waals surface area (Å²) in [7, 11) is 6.00. The fourth-order valence-corrected chi connectivity index (χ4v) is 0.482. The predicted octanol–water partition coefficient (Wildman–Crippen LogP) is 0.706. The highest BCUT2D eigenvalue weighted by Crippen LogP contribution is 1.98. The first-order chi connectivity index (χ1) is 5.36. The molecule has 0 aliphatic heterocycles. The SMILES string of the molecule is CC(O)CCC(C)O.CN(C)C. The topological polar surface area (TPSA) is 43.7 Å². The fourth-order valence-electron chi connectivity index (χ4n) is 0.482.